The van der Waals surface area contributed by atoms with Crippen LogP contribution < -0.4 is 10.6 Å². The highest BCUT2D eigenvalue weighted by atomic mass is 79.9. The number of thiophene rings is 1. The van der Waals surface area contributed by atoms with E-state index in [9.17, 15) is 14.4 Å². The number of carbonyl (C=O) groups excluding carboxylic acids is 3. The topological polar surface area (TPSA) is 78.5 Å². The van der Waals surface area contributed by atoms with Gasteiger partial charge in [0.15, 0.2) is 0 Å². The molecule has 1 saturated heterocycles. The normalized spacial score (nSPS) is 14.7. The molecule has 2 heterocycles. The molecule has 1 aliphatic rings. The molecule has 0 bridgehead atoms. The second kappa shape index (κ2) is 8.67. The van der Waals surface area contributed by atoms with E-state index in [0.29, 0.717) is 37.3 Å². The number of halogens is 1. The molecule has 8 heteroatoms. The van der Waals surface area contributed by atoms with E-state index in [-0.39, 0.29) is 23.6 Å². The largest absolute Gasteiger partial charge is 0.338 e. The highest BCUT2D eigenvalue weighted by Gasteiger charge is 2.28. The molecule has 2 aromatic rings. The summed E-state index contributed by atoms with van der Waals surface area (Å²) in [4.78, 5) is 39.0. The standard InChI is InChI=1S/C19H20BrN3O3S/c1-12(24)21-15-5-4-14(20)11-16(15)22-18(25)13-6-8-23(9-7-13)19(26)17-3-2-10-27-17/h2-5,10-11,13H,6-9H2,1H3,(H,21,24)(H,22,25). The molecule has 1 aromatic carbocycles. The van der Waals surface area contributed by atoms with Gasteiger partial charge in [-0.2, -0.15) is 0 Å². The minimum Gasteiger partial charge on any atom is -0.338 e. The van der Waals surface area contributed by atoms with Crippen molar-refractivity contribution in [2.75, 3.05) is 23.7 Å². The van der Waals surface area contributed by atoms with Crippen molar-refractivity contribution < 1.29 is 14.4 Å². The molecule has 3 amide bonds. The van der Waals surface area contributed by atoms with Gasteiger partial charge in [-0.25, -0.2) is 0 Å². The summed E-state index contributed by atoms with van der Waals surface area (Å²) >= 11 is 4.82. The number of carbonyl (C=O) groups is 3. The van der Waals surface area contributed by atoms with Crippen LogP contribution in [-0.2, 0) is 9.59 Å². The summed E-state index contributed by atoms with van der Waals surface area (Å²) in [5.74, 6) is -0.429. The monoisotopic (exact) mass is 449 g/mol. The molecule has 1 fully saturated rings. The minimum absolute atomic E-state index is 0.0313. The number of nitrogens with one attached hydrogen (secondary N) is 2. The highest BCUT2D eigenvalue weighted by molar-refractivity contribution is 9.10. The quantitative estimate of drug-likeness (QED) is 0.740. The Kier molecular flexibility index (Phi) is 6.28. The summed E-state index contributed by atoms with van der Waals surface area (Å²) in [7, 11) is 0. The lowest BCUT2D eigenvalue weighted by atomic mass is 9.95. The number of hydrogen-bond acceptors (Lipinski definition) is 4. The lowest BCUT2D eigenvalue weighted by Crippen LogP contribution is -2.41. The summed E-state index contributed by atoms with van der Waals surface area (Å²) < 4.78 is 0.809. The third-order valence-corrected chi connectivity index (χ3v) is 5.79. The molecular formula is C19H20BrN3O3S. The highest BCUT2D eigenvalue weighted by Crippen LogP contribution is 2.28. The zero-order valence-corrected chi connectivity index (χ0v) is 17.2. The summed E-state index contributed by atoms with van der Waals surface area (Å²) in [6, 6.07) is 8.99. The van der Waals surface area contributed by atoms with Crippen LogP contribution in [0.3, 0.4) is 0 Å². The van der Waals surface area contributed by atoms with E-state index >= 15 is 0 Å². The molecule has 0 saturated carbocycles. The van der Waals surface area contributed by atoms with Gasteiger partial charge in [0.2, 0.25) is 11.8 Å². The van der Waals surface area contributed by atoms with Crippen LogP contribution >= 0.6 is 27.3 Å². The number of nitrogens with zero attached hydrogens (tertiary/aromatic N) is 1. The zero-order chi connectivity index (χ0) is 19.4. The van der Waals surface area contributed by atoms with E-state index in [1.54, 1.807) is 23.1 Å². The molecule has 0 unspecified atom stereocenters. The average Bonchev–Trinajstić information content (AvgIpc) is 3.18. The van der Waals surface area contributed by atoms with E-state index in [1.165, 1.54) is 18.3 Å². The number of amides is 3. The Morgan fingerprint density at radius 3 is 2.48 bits per heavy atom. The third-order valence-electron chi connectivity index (χ3n) is 4.44. The first-order valence-corrected chi connectivity index (χ1v) is 10.3. The first-order valence-electron chi connectivity index (χ1n) is 8.65. The second-order valence-corrected chi connectivity index (χ2v) is 8.27. The Balaban J connectivity index is 1.61. The predicted molar refractivity (Wildman–Crippen MR) is 110 cm³/mol. The molecular weight excluding hydrogens is 430 g/mol. The van der Waals surface area contributed by atoms with Crippen LogP contribution in [0.1, 0.15) is 29.4 Å². The fourth-order valence-corrected chi connectivity index (χ4v) is 4.11. The first kappa shape index (κ1) is 19.6. The summed E-state index contributed by atoms with van der Waals surface area (Å²) in [6.07, 6.45) is 1.23. The molecule has 0 atom stereocenters. The van der Waals surface area contributed by atoms with Crippen LogP contribution in [0, 0.1) is 5.92 Å². The van der Waals surface area contributed by atoms with Crippen molar-refractivity contribution in [1.29, 1.82) is 0 Å². The number of anilines is 2. The fraction of sp³-hybridized carbons (Fsp3) is 0.316. The SMILES string of the molecule is CC(=O)Nc1ccc(Br)cc1NC(=O)C1CCN(C(=O)c2cccs2)CC1. The Morgan fingerprint density at radius 1 is 1.11 bits per heavy atom. The smallest absolute Gasteiger partial charge is 0.263 e. The molecule has 3 rings (SSSR count). The van der Waals surface area contributed by atoms with Crippen LogP contribution in [0.5, 0.6) is 0 Å². The van der Waals surface area contributed by atoms with E-state index in [4.69, 9.17) is 0 Å². The van der Waals surface area contributed by atoms with Gasteiger partial charge in [0.1, 0.15) is 0 Å². The second-order valence-electron chi connectivity index (χ2n) is 6.40. The van der Waals surface area contributed by atoms with Gasteiger partial charge in [-0.3, -0.25) is 14.4 Å². The molecule has 0 aliphatic carbocycles. The van der Waals surface area contributed by atoms with E-state index in [2.05, 4.69) is 26.6 Å². The maximum Gasteiger partial charge on any atom is 0.263 e. The van der Waals surface area contributed by atoms with Crippen LogP contribution in [-0.4, -0.2) is 35.7 Å². The van der Waals surface area contributed by atoms with E-state index < -0.39 is 0 Å². The summed E-state index contributed by atoms with van der Waals surface area (Å²) in [5.41, 5.74) is 1.12. The summed E-state index contributed by atoms with van der Waals surface area (Å²) in [6.45, 7) is 2.55. The molecule has 27 heavy (non-hydrogen) atoms. The van der Waals surface area contributed by atoms with Gasteiger partial charge in [0.25, 0.3) is 5.91 Å². The Bertz CT molecular complexity index is 846. The van der Waals surface area contributed by atoms with E-state index in [0.717, 1.165) is 9.35 Å². The van der Waals surface area contributed by atoms with Crippen LogP contribution in [0.15, 0.2) is 40.2 Å². The molecule has 1 aromatic heterocycles. The van der Waals surface area contributed by atoms with Crippen LogP contribution in [0.2, 0.25) is 0 Å². The van der Waals surface area contributed by atoms with Crippen molar-refractivity contribution >= 4 is 56.4 Å². The molecule has 142 valence electrons. The zero-order valence-electron chi connectivity index (χ0n) is 14.8. The van der Waals surface area contributed by atoms with Crippen LogP contribution in [0.25, 0.3) is 0 Å². The van der Waals surface area contributed by atoms with Gasteiger partial charge in [0.05, 0.1) is 16.3 Å². The molecule has 2 N–H and O–H groups in total. The lowest BCUT2D eigenvalue weighted by molar-refractivity contribution is -0.121. The predicted octanol–water partition coefficient (Wildman–Crippen LogP) is 3.96. The number of hydrogen-bond donors (Lipinski definition) is 2. The number of rotatable bonds is 4. The fourth-order valence-electron chi connectivity index (χ4n) is 3.05. The van der Waals surface area contributed by atoms with Gasteiger partial charge >= 0.3 is 0 Å². The Labute approximate surface area is 170 Å². The Hall–Kier alpha value is -2.19. The first-order chi connectivity index (χ1) is 12.9. The van der Waals surface area contributed by atoms with Crippen molar-refractivity contribution in [2.24, 2.45) is 5.92 Å². The van der Waals surface area contributed by atoms with Gasteiger partial charge in [0, 0.05) is 30.4 Å². The Morgan fingerprint density at radius 2 is 1.85 bits per heavy atom. The molecule has 0 radical (unpaired) electrons. The van der Waals surface area contributed by atoms with Gasteiger partial charge in [-0.1, -0.05) is 22.0 Å². The van der Waals surface area contributed by atoms with Crippen molar-refractivity contribution in [3.63, 3.8) is 0 Å². The number of likely N-dealkylation sites (tertiary alicyclic amines) is 1. The third kappa shape index (κ3) is 4.95. The maximum absolute atomic E-state index is 12.7. The number of piperidine rings is 1. The van der Waals surface area contributed by atoms with Crippen LogP contribution in [0.4, 0.5) is 11.4 Å². The maximum atomic E-state index is 12.7. The van der Waals surface area contributed by atoms with Crippen molar-refractivity contribution in [1.82, 2.24) is 4.90 Å². The summed E-state index contributed by atoms with van der Waals surface area (Å²) in [5, 5.41) is 7.52. The molecule has 6 nitrogen and oxygen atoms in total. The van der Waals surface area contributed by atoms with Crippen molar-refractivity contribution in [2.45, 2.75) is 19.8 Å². The van der Waals surface area contributed by atoms with Gasteiger partial charge < -0.3 is 15.5 Å². The average molecular weight is 450 g/mol. The van der Waals surface area contributed by atoms with Gasteiger partial charge in [-0.05, 0) is 42.5 Å². The van der Waals surface area contributed by atoms with E-state index in [1.807, 2.05) is 17.5 Å². The molecule has 0 spiro atoms. The van der Waals surface area contributed by atoms with Crippen molar-refractivity contribution in [3.8, 4) is 0 Å². The van der Waals surface area contributed by atoms with Gasteiger partial charge in [-0.15, -0.1) is 11.3 Å². The molecule has 1 aliphatic heterocycles. The number of benzene rings is 1. The van der Waals surface area contributed by atoms with Crippen molar-refractivity contribution in [3.05, 3.63) is 45.1 Å². The lowest BCUT2D eigenvalue weighted by Gasteiger charge is -2.31. The minimum atomic E-state index is -0.201.